The molecule has 7 heteroatoms. The van der Waals surface area contributed by atoms with Crippen molar-refractivity contribution in [3.05, 3.63) is 70.4 Å². The molecule has 37 heavy (non-hydrogen) atoms. The predicted octanol–water partition coefficient (Wildman–Crippen LogP) is 7.93. The lowest BCUT2D eigenvalue weighted by atomic mass is 9.81. The number of carboxylic acid groups (broad SMARTS) is 1. The Labute approximate surface area is 222 Å². The van der Waals surface area contributed by atoms with Gasteiger partial charge in [0.25, 0.3) is 0 Å². The molecule has 1 heterocycles. The molecule has 1 aromatic heterocycles. The molecule has 2 aliphatic carbocycles. The maximum atomic E-state index is 14.9. The van der Waals surface area contributed by atoms with Crippen LogP contribution in [0.15, 0.2) is 48.5 Å². The van der Waals surface area contributed by atoms with E-state index in [4.69, 9.17) is 14.6 Å². The van der Waals surface area contributed by atoms with Crippen LogP contribution in [0.25, 0.3) is 16.8 Å². The van der Waals surface area contributed by atoms with Crippen LogP contribution in [0, 0.1) is 11.2 Å². The number of aromatic nitrogens is 1. The van der Waals surface area contributed by atoms with Crippen molar-refractivity contribution in [1.82, 2.24) is 4.37 Å². The highest BCUT2D eigenvalue weighted by atomic mass is 32.1. The fourth-order valence-electron chi connectivity index (χ4n) is 4.32. The molecule has 0 radical (unpaired) electrons. The largest absolute Gasteiger partial charge is 0.497 e. The lowest BCUT2D eigenvalue weighted by Gasteiger charge is -2.24. The second-order valence-electron chi connectivity index (χ2n) is 10.1. The Morgan fingerprint density at radius 2 is 1.92 bits per heavy atom. The molecule has 2 aromatic carbocycles. The number of aryl methyl sites for hydroxylation is 1. The van der Waals surface area contributed by atoms with Gasteiger partial charge in [-0.2, -0.15) is 4.37 Å². The number of carboxylic acids is 1. The van der Waals surface area contributed by atoms with Gasteiger partial charge in [0.2, 0.25) is 0 Å². The van der Waals surface area contributed by atoms with Crippen LogP contribution >= 0.6 is 11.5 Å². The first-order chi connectivity index (χ1) is 17.8. The van der Waals surface area contributed by atoms with Crippen molar-refractivity contribution in [3.8, 4) is 22.8 Å². The minimum absolute atomic E-state index is 0.0572. The summed E-state index contributed by atoms with van der Waals surface area (Å²) in [4.78, 5) is 11.8. The van der Waals surface area contributed by atoms with Gasteiger partial charge >= 0.3 is 5.97 Å². The van der Waals surface area contributed by atoms with Crippen LogP contribution in [-0.2, 0) is 17.8 Å². The summed E-state index contributed by atoms with van der Waals surface area (Å²) in [6.45, 7) is 4.69. The maximum Gasteiger partial charge on any atom is 0.303 e. The minimum Gasteiger partial charge on any atom is -0.497 e. The molecule has 3 aromatic rings. The number of ether oxygens (including phenoxy) is 2. The molecule has 1 fully saturated rings. The number of aliphatic carboxylic acids is 1. The number of rotatable bonds is 9. The number of carbonyl (C=O) groups is 1. The minimum atomic E-state index is -0.828. The SMILES string of the molecule is C1CC1.COc1ccc(F)c(-c2nsc(COc3cccc(CCC(=O)O)c3)c2C2=CCCC2(C)C)c1. The fraction of sp³-hybridized carbons (Fsp3) is 0.400. The molecule has 196 valence electrons. The van der Waals surface area contributed by atoms with Crippen LogP contribution in [0.4, 0.5) is 4.39 Å². The van der Waals surface area contributed by atoms with E-state index in [2.05, 4.69) is 24.3 Å². The van der Waals surface area contributed by atoms with Gasteiger partial charge < -0.3 is 14.6 Å². The second-order valence-corrected chi connectivity index (χ2v) is 11.0. The van der Waals surface area contributed by atoms with E-state index < -0.39 is 5.97 Å². The van der Waals surface area contributed by atoms with Gasteiger partial charge in [-0.05, 0) is 77.7 Å². The Hall–Kier alpha value is -3.19. The lowest BCUT2D eigenvalue weighted by Crippen LogP contribution is -2.11. The van der Waals surface area contributed by atoms with Gasteiger partial charge in [0.1, 0.15) is 23.9 Å². The third-order valence-electron chi connectivity index (χ3n) is 6.56. The Morgan fingerprint density at radius 3 is 2.57 bits per heavy atom. The van der Waals surface area contributed by atoms with Crippen molar-refractivity contribution in [2.75, 3.05) is 7.11 Å². The summed E-state index contributed by atoms with van der Waals surface area (Å²) in [6, 6.07) is 12.2. The van der Waals surface area contributed by atoms with Crippen molar-refractivity contribution in [2.45, 2.75) is 65.4 Å². The first kappa shape index (κ1) is 26.9. The molecule has 0 aliphatic heterocycles. The van der Waals surface area contributed by atoms with Crippen molar-refractivity contribution in [2.24, 2.45) is 5.41 Å². The summed E-state index contributed by atoms with van der Waals surface area (Å²) in [6.07, 6.45) is 9.22. The molecule has 0 atom stereocenters. The number of methoxy groups -OCH3 is 1. The average molecular weight is 524 g/mol. The van der Waals surface area contributed by atoms with E-state index in [1.54, 1.807) is 19.2 Å². The van der Waals surface area contributed by atoms with Gasteiger partial charge in [-0.1, -0.05) is 51.3 Å². The summed E-state index contributed by atoms with van der Waals surface area (Å²) in [5, 5.41) is 8.94. The van der Waals surface area contributed by atoms with E-state index in [-0.39, 0.29) is 24.3 Å². The molecule has 0 unspecified atom stereocenters. The first-order valence-electron chi connectivity index (χ1n) is 12.8. The number of hydrogen-bond acceptors (Lipinski definition) is 5. The molecule has 5 rings (SSSR count). The topological polar surface area (TPSA) is 68.7 Å². The van der Waals surface area contributed by atoms with E-state index in [0.29, 0.717) is 29.2 Å². The first-order valence-corrected chi connectivity index (χ1v) is 13.5. The van der Waals surface area contributed by atoms with E-state index in [1.807, 2.05) is 24.3 Å². The Bertz CT molecular complexity index is 1280. The van der Waals surface area contributed by atoms with E-state index >= 15 is 0 Å². The maximum absolute atomic E-state index is 14.9. The van der Waals surface area contributed by atoms with Gasteiger partial charge in [-0.3, -0.25) is 4.79 Å². The van der Waals surface area contributed by atoms with Crippen molar-refractivity contribution in [1.29, 1.82) is 0 Å². The molecule has 5 nitrogen and oxygen atoms in total. The number of nitrogens with zero attached hydrogens (tertiary/aromatic N) is 1. The smallest absolute Gasteiger partial charge is 0.303 e. The summed E-state index contributed by atoms with van der Waals surface area (Å²) >= 11 is 1.32. The monoisotopic (exact) mass is 523 g/mol. The van der Waals surface area contributed by atoms with Crippen LogP contribution < -0.4 is 9.47 Å². The molecule has 1 N–H and O–H groups in total. The van der Waals surface area contributed by atoms with Crippen LogP contribution in [0.5, 0.6) is 11.5 Å². The van der Waals surface area contributed by atoms with Crippen molar-refractivity contribution < 1.29 is 23.8 Å². The van der Waals surface area contributed by atoms with Crippen LogP contribution in [0.3, 0.4) is 0 Å². The molecule has 0 bridgehead atoms. The van der Waals surface area contributed by atoms with E-state index in [9.17, 15) is 9.18 Å². The van der Waals surface area contributed by atoms with Crippen LogP contribution in [0.2, 0.25) is 0 Å². The molecular weight excluding hydrogens is 489 g/mol. The number of benzene rings is 2. The molecular formula is C30H34FNO4S. The molecule has 0 spiro atoms. The zero-order valence-corrected chi connectivity index (χ0v) is 22.5. The zero-order valence-electron chi connectivity index (χ0n) is 21.7. The molecule has 2 aliphatic rings. The number of hydrogen-bond donors (Lipinski definition) is 1. The van der Waals surface area contributed by atoms with Gasteiger partial charge in [0.05, 0.1) is 17.7 Å². The van der Waals surface area contributed by atoms with E-state index in [0.717, 1.165) is 34.4 Å². The third kappa shape index (κ3) is 6.98. The van der Waals surface area contributed by atoms with Crippen LogP contribution in [0.1, 0.15) is 68.4 Å². The van der Waals surface area contributed by atoms with Gasteiger partial charge in [0, 0.05) is 17.5 Å². The average Bonchev–Trinajstić information content (AvgIpc) is 3.65. The number of halogens is 1. The molecule has 1 saturated carbocycles. The normalized spacial score (nSPS) is 15.4. The van der Waals surface area contributed by atoms with Crippen LogP contribution in [-0.4, -0.2) is 22.6 Å². The predicted molar refractivity (Wildman–Crippen MR) is 146 cm³/mol. The fourth-order valence-corrected chi connectivity index (χ4v) is 5.12. The Kier molecular flexibility index (Phi) is 8.64. The highest BCUT2D eigenvalue weighted by molar-refractivity contribution is 7.06. The Balaban J connectivity index is 0.000000994. The lowest BCUT2D eigenvalue weighted by molar-refractivity contribution is -0.136. The second kappa shape index (κ2) is 11.9. The summed E-state index contributed by atoms with van der Waals surface area (Å²) < 4.78 is 31.0. The highest BCUT2D eigenvalue weighted by Crippen LogP contribution is 2.49. The highest BCUT2D eigenvalue weighted by Gasteiger charge is 2.33. The van der Waals surface area contributed by atoms with Crippen molar-refractivity contribution in [3.63, 3.8) is 0 Å². The van der Waals surface area contributed by atoms with E-state index in [1.165, 1.54) is 36.9 Å². The van der Waals surface area contributed by atoms with Crippen molar-refractivity contribution >= 4 is 23.1 Å². The quantitative estimate of drug-likeness (QED) is 0.308. The molecule has 0 amide bonds. The van der Waals surface area contributed by atoms with Gasteiger partial charge in [-0.15, -0.1) is 0 Å². The zero-order chi connectivity index (χ0) is 26.4. The number of allylic oxidation sites excluding steroid dienone is 2. The Morgan fingerprint density at radius 1 is 1.14 bits per heavy atom. The molecule has 0 saturated heterocycles. The summed E-state index contributed by atoms with van der Waals surface area (Å²) in [7, 11) is 1.56. The standard InChI is InChI=1S/C27H28FNO4S.C3H6/c1-27(2)13-5-8-21(27)25-23(16-33-19-7-4-6-17(14-19)9-12-24(30)31)34-29-26(25)20-15-18(32-3)10-11-22(20)28;1-2-3-1/h4,6-8,10-11,14-15H,5,9,12-13,16H2,1-3H3,(H,30,31);1-3H2. The summed E-state index contributed by atoms with van der Waals surface area (Å²) in [5.74, 6) is 0.0646. The third-order valence-corrected chi connectivity index (χ3v) is 7.37. The van der Waals surface area contributed by atoms with Gasteiger partial charge in [0.15, 0.2) is 0 Å². The van der Waals surface area contributed by atoms with Gasteiger partial charge in [-0.25, -0.2) is 4.39 Å². The summed E-state index contributed by atoms with van der Waals surface area (Å²) in [5.41, 5.74) is 3.96.